The van der Waals surface area contributed by atoms with Crippen molar-refractivity contribution in [1.29, 1.82) is 0 Å². The van der Waals surface area contributed by atoms with Crippen LogP contribution in [0.2, 0.25) is 0 Å². The molecule has 0 aromatic heterocycles. The Bertz CT molecular complexity index is 154. The highest BCUT2D eigenvalue weighted by molar-refractivity contribution is 5.45. The highest BCUT2D eigenvalue weighted by Crippen LogP contribution is 2.95. The Morgan fingerprint density at radius 3 is 2.12 bits per heavy atom. The van der Waals surface area contributed by atoms with Crippen molar-refractivity contribution in [2.45, 2.75) is 13.0 Å². The molecule has 1 nitrogen and oxygen atoms in total. The number of hydrogen-bond acceptors (Lipinski definition) is 1. The fourth-order valence-corrected chi connectivity index (χ4v) is 3.16. The van der Waals surface area contributed by atoms with Crippen molar-refractivity contribution in [3.63, 3.8) is 0 Å². The Labute approximate surface area is 49.5 Å². The molecule has 0 aromatic rings. The maximum Gasteiger partial charge on any atom is 0.0158 e. The first-order chi connectivity index (χ1) is 3.81. The molecule has 8 heavy (non-hydrogen) atoms. The molecule has 4 aliphatic carbocycles. The van der Waals surface area contributed by atoms with E-state index in [4.69, 9.17) is 0 Å². The van der Waals surface area contributed by atoms with Crippen LogP contribution in [-0.2, 0) is 0 Å². The van der Waals surface area contributed by atoms with Gasteiger partial charge in [0, 0.05) is 6.04 Å². The smallest absolute Gasteiger partial charge is 0.0158 e. The zero-order valence-electron chi connectivity index (χ0n) is 5.31. The van der Waals surface area contributed by atoms with Crippen LogP contribution in [0.1, 0.15) is 6.92 Å². The average Bonchev–Trinajstić information content (AvgIpc) is 2.54. The molecule has 1 heteroatoms. The lowest BCUT2D eigenvalue weighted by Gasteiger charge is -2.46. The molecule has 0 aliphatic heterocycles. The van der Waals surface area contributed by atoms with E-state index in [-0.39, 0.29) is 0 Å². The summed E-state index contributed by atoms with van der Waals surface area (Å²) in [6.45, 7) is 2.42. The van der Waals surface area contributed by atoms with Crippen molar-refractivity contribution in [2.24, 2.45) is 23.2 Å². The van der Waals surface area contributed by atoms with Crippen LogP contribution < -0.4 is 5.32 Å². The SMILES string of the molecule is CNC1C2C3C2C13C. The van der Waals surface area contributed by atoms with Gasteiger partial charge in [0.15, 0.2) is 0 Å². The Kier molecular flexibility index (Phi) is 0.334. The van der Waals surface area contributed by atoms with Crippen molar-refractivity contribution in [1.82, 2.24) is 5.32 Å². The van der Waals surface area contributed by atoms with Crippen LogP contribution in [0, 0.1) is 23.2 Å². The summed E-state index contributed by atoms with van der Waals surface area (Å²) in [6.07, 6.45) is 0. The van der Waals surface area contributed by atoms with E-state index in [0.717, 1.165) is 17.4 Å². The molecule has 3 unspecified atom stereocenters. The van der Waals surface area contributed by atoms with Gasteiger partial charge in [-0.1, -0.05) is 6.92 Å². The number of nitrogens with one attached hydrogen (secondary N) is 1. The Hall–Kier alpha value is -0.0400. The fraction of sp³-hybridized carbons (Fsp3) is 1.00. The molecule has 0 saturated heterocycles. The zero-order valence-corrected chi connectivity index (χ0v) is 5.31. The second-order valence-corrected chi connectivity index (χ2v) is 3.76. The van der Waals surface area contributed by atoms with E-state index in [9.17, 15) is 0 Å². The van der Waals surface area contributed by atoms with Gasteiger partial charge < -0.3 is 5.32 Å². The summed E-state index contributed by atoms with van der Waals surface area (Å²) in [4.78, 5) is 0. The molecule has 4 aliphatic rings. The highest BCUT2D eigenvalue weighted by atomic mass is 15.1. The van der Waals surface area contributed by atoms with Gasteiger partial charge in [-0.2, -0.15) is 0 Å². The van der Waals surface area contributed by atoms with Gasteiger partial charge in [0.05, 0.1) is 0 Å². The van der Waals surface area contributed by atoms with Gasteiger partial charge in [0.2, 0.25) is 0 Å². The van der Waals surface area contributed by atoms with Crippen LogP contribution in [0.5, 0.6) is 0 Å². The van der Waals surface area contributed by atoms with E-state index in [0.29, 0.717) is 0 Å². The quantitative estimate of drug-likeness (QED) is 0.516. The summed E-state index contributed by atoms with van der Waals surface area (Å²) >= 11 is 0. The van der Waals surface area contributed by atoms with E-state index >= 15 is 0 Å². The van der Waals surface area contributed by atoms with Crippen LogP contribution in [-0.4, -0.2) is 13.1 Å². The van der Waals surface area contributed by atoms with Gasteiger partial charge in [-0.15, -0.1) is 0 Å². The summed E-state index contributed by atoms with van der Waals surface area (Å²) < 4.78 is 0. The number of rotatable bonds is 1. The lowest BCUT2D eigenvalue weighted by atomic mass is 9.65. The molecule has 1 N–H and O–H groups in total. The summed E-state index contributed by atoms with van der Waals surface area (Å²) in [5, 5.41) is 3.36. The third-order valence-electron chi connectivity index (χ3n) is 3.77. The van der Waals surface area contributed by atoms with Gasteiger partial charge in [0.25, 0.3) is 0 Å². The fourth-order valence-electron chi connectivity index (χ4n) is 3.16. The molecule has 2 bridgehead atoms. The van der Waals surface area contributed by atoms with E-state index in [1.165, 1.54) is 11.8 Å². The second kappa shape index (κ2) is 0.688. The van der Waals surface area contributed by atoms with E-state index in [2.05, 4.69) is 19.3 Å². The van der Waals surface area contributed by atoms with Crippen molar-refractivity contribution in [3.05, 3.63) is 0 Å². The van der Waals surface area contributed by atoms with Crippen molar-refractivity contribution >= 4 is 0 Å². The lowest BCUT2D eigenvalue weighted by molar-refractivity contribution is 0.0659. The molecule has 3 atom stereocenters. The second-order valence-electron chi connectivity index (χ2n) is 3.76. The van der Waals surface area contributed by atoms with Gasteiger partial charge >= 0.3 is 0 Å². The zero-order chi connectivity index (χ0) is 5.52. The molecular formula is C7H11N. The van der Waals surface area contributed by atoms with Gasteiger partial charge in [-0.3, -0.25) is 0 Å². The summed E-state index contributed by atoms with van der Waals surface area (Å²) in [5.41, 5.74) is 0.805. The van der Waals surface area contributed by atoms with Crippen LogP contribution in [0.4, 0.5) is 0 Å². The maximum atomic E-state index is 3.36. The van der Waals surface area contributed by atoms with Gasteiger partial charge in [0.1, 0.15) is 0 Å². The minimum atomic E-state index is 0.805. The Balaban J connectivity index is 1.91. The van der Waals surface area contributed by atoms with Crippen LogP contribution in [0.25, 0.3) is 0 Å². The highest BCUT2D eigenvalue weighted by Gasteiger charge is 2.96. The van der Waals surface area contributed by atoms with E-state index < -0.39 is 0 Å². The maximum absolute atomic E-state index is 3.36. The van der Waals surface area contributed by atoms with Crippen LogP contribution in [0.15, 0.2) is 0 Å². The molecule has 0 heterocycles. The molecule has 44 valence electrons. The Morgan fingerprint density at radius 2 is 2.00 bits per heavy atom. The minimum absolute atomic E-state index is 0.805. The molecular weight excluding hydrogens is 98.1 g/mol. The minimum Gasteiger partial charge on any atom is -0.316 e. The molecule has 0 radical (unpaired) electrons. The molecule has 4 saturated carbocycles. The number of hydrogen-bond donors (Lipinski definition) is 1. The largest absolute Gasteiger partial charge is 0.316 e. The topological polar surface area (TPSA) is 12.0 Å². The molecule has 0 spiro atoms. The van der Waals surface area contributed by atoms with Crippen molar-refractivity contribution in [3.8, 4) is 0 Å². The monoisotopic (exact) mass is 109 g/mol. The van der Waals surface area contributed by atoms with Gasteiger partial charge in [-0.25, -0.2) is 0 Å². The first-order valence-corrected chi connectivity index (χ1v) is 3.49. The standard InChI is InChI=1S/C7H11N/c1-7-4-3(5(4)7)6(7)8-2/h3-6,8H,1-2H3. The molecule has 4 fully saturated rings. The third kappa shape index (κ3) is 0.144. The van der Waals surface area contributed by atoms with Crippen LogP contribution >= 0.6 is 0 Å². The third-order valence-corrected chi connectivity index (χ3v) is 3.77. The predicted molar refractivity (Wildman–Crippen MR) is 31.4 cm³/mol. The van der Waals surface area contributed by atoms with Gasteiger partial charge in [-0.05, 0) is 30.2 Å². The molecule has 0 amide bonds. The first-order valence-electron chi connectivity index (χ1n) is 3.49. The molecule has 4 rings (SSSR count). The normalized spacial score (nSPS) is 80.2. The predicted octanol–water partition coefficient (Wildman–Crippen LogP) is 0.470. The summed E-state index contributed by atoms with van der Waals surface area (Å²) in [5.74, 6) is 3.49. The van der Waals surface area contributed by atoms with E-state index in [1.807, 2.05) is 0 Å². The van der Waals surface area contributed by atoms with Crippen molar-refractivity contribution < 1.29 is 0 Å². The average molecular weight is 109 g/mol. The first kappa shape index (κ1) is 3.89. The summed E-state index contributed by atoms with van der Waals surface area (Å²) in [7, 11) is 2.09. The molecule has 0 aromatic carbocycles. The van der Waals surface area contributed by atoms with Crippen molar-refractivity contribution in [2.75, 3.05) is 7.05 Å². The lowest BCUT2D eigenvalue weighted by Crippen LogP contribution is -2.55. The van der Waals surface area contributed by atoms with Crippen LogP contribution in [0.3, 0.4) is 0 Å². The summed E-state index contributed by atoms with van der Waals surface area (Å²) in [6, 6.07) is 0.914. The van der Waals surface area contributed by atoms with E-state index in [1.54, 1.807) is 0 Å². The Morgan fingerprint density at radius 1 is 1.38 bits per heavy atom.